The summed E-state index contributed by atoms with van der Waals surface area (Å²) in [7, 11) is 0. The third kappa shape index (κ3) is 7.15. The lowest BCUT2D eigenvalue weighted by atomic mass is 10.1. The van der Waals surface area contributed by atoms with Crippen molar-refractivity contribution in [3.05, 3.63) is 59.1 Å². The molecule has 0 bridgehead atoms. The zero-order valence-corrected chi connectivity index (χ0v) is 15.7. The van der Waals surface area contributed by atoms with Crippen molar-refractivity contribution in [1.29, 1.82) is 0 Å². The van der Waals surface area contributed by atoms with E-state index < -0.39 is 0 Å². The molecule has 0 spiro atoms. The van der Waals surface area contributed by atoms with E-state index in [4.69, 9.17) is 16.3 Å². The molecule has 0 aliphatic rings. The highest BCUT2D eigenvalue weighted by molar-refractivity contribution is 6.30. The third-order valence-electron chi connectivity index (χ3n) is 3.48. The Labute approximate surface area is 158 Å². The summed E-state index contributed by atoms with van der Waals surface area (Å²) in [4.78, 5) is 23.8. The van der Waals surface area contributed by atoms with Crippen molar-refractivity contribution in [3.8, 4) is 5.75 Å². The molecule has 5 nitrogen and oxygen atoms in total. The molecule has 0 atom stereocenters. The van der Waals surface area contributed by atoms with Crippen LogP contribution in [0.1, 0.15) is 25.8 Å². The summed E-state index contributed by atoms with van der Waals surface area (Å²) < 4.78 is 5.54. The summed E-state index contributed by atoms with van der Waals surface area (Å²) in [6.07, 6.45) is 0.555. The molecule has 2 N–H and O–H groups in total. The second kappa shape index (κ2) is 9.82. The first kappa shape index (κ1) is 19.8. The van der Waals surface area contributed by atoms with E-state index in [9.17, 15) is 9.59 Å². The molecule has 2 aromatic carbocycles. The number of hydrogen-bond acceptors (Lipinski definition) is 3. The maximum atomic E-state index is 11.9. The number of ether oxygens (including phenoxy) is 1. The van der Waals surface area contributed by atoms with Crippen LogP contribution in [0.3, 0.4) is 0 Å². The first-order valence-electron chi connectivity index (χ1n) is 8.50. The molecule has 0 aliphatic heterocycles. The molecule has 2 aromatic rings. The zero-order chi connectivity index (χ0) is 18.9. The van der Waals surface area contributed by atoms with Crippen molar-refractivity contribution in [2.75, 3.05) is 11.9 Å². The molecule has 0 heterocycles. The predicted molar refractivity (Wildman–Crippen MR) is 104 cm³/mol. The molecule has 0 aliphatic carbocycles. The Hall–Kier alpha value is -2.53. The summed E-state index contributed by atoms with van der Waals surface area (Å²) in [5, 5.41) is 6.12. The van der Waals surface area contributed by atoms with E-state index in [1.807, 2.05) is 38.1 Å². The minimum atomic E-state index is -0.355. The van der Waals surface area contributed by atoms with Crippen molar-refractivity contribution < 1.29 is 14.3 Å². The average Bonchev–Trinajstić information content (AvgIpc) is 2.58. The number of carbonyl (C=O) groups is 2. The first-order valence-corrected chi connectivity index (χ1v) is 8.88. The van der Waals surface area contributed by atoms with Crippen LogP contribution in [0.15, 0.2) is 48.5 Å². The van der Waals surface area contributed by atoms with Gasteiger partial charge in [-0.1, -0.05) is 23.7 Å². The number of carbonyl (C=O) groups excluding carboxylic acids is 2. The van der Waals surface area contributed by atoms with Crippen LogP contribution in [-0.2, 0) is 16.0 Å². The van der Waals surface area contributed by atoms with E-state index in [1.165, 1.54) is 0 Å². The van der Waals surface area contributed by atoms with Gasteiger partial charge in [-0.25, -0.2) is 0 Å². The number of rotatable bonds is 8. The molecular formula is C20H23ClN2O3. The van der Waals surface area contributed by atoms with E-state index in [-0.39, 0.29) is 24.3 Å². The Balaban J connectivity index is 1.71. The van der Waals surface area contributed by atoms with Crippen molar-refractivity contribution in [2.45, 2.75) is 32.8 Å². The maximum Gasteiger partial charge on any atom is 0.233 e. The van der Waals surface area contributed by atoms with Crippen LogP contribution in [0.4, 0.5) is 5.69 Å². The van der Waals surface area contributed by atoms with Gasteiger partial charge in [-0.05, 0) is 62.2 Å². The summed E-state index contributed by atoms with van der Waals surface area (Å²) >= 11 is 5.83. The summed E-state index contributed by atoms with van der Waals surface area (Å²) in [5.74, 6) is 0.0701. The Kier molecular flexibility index (Phi) is 7.48. The van der Waals surface area contributed by atoms with Gasteiger partial charge in [0.2, 0.25) is 11.8 Å². The molecule has 2 rings (SSSR count). The van der Waals surface area contributed by atoms with Crippen molar-refractivity contribution in [1.82, 2.24) is 5.32 Å². The first-order chi connectivity index (χ1) is 12.4. The molecule has 0 fully saturated rings. The van der Waals surface area contributed by atoms with Gasteiger partial charge in [-0.15, -0.1) is 0 Å². The van der Waals surface area contributed by atoms with Crippen LogP contribution < -0.4 is 15.4 Å². The van der Waals surface area contributed by atoms with Gasteiger partial charge < -0.3 is 15.4 Å². The lowest BCUT2D eigenvalue weighted by molar-refractivity contribution is -0.126. The standard InChI is InChI=1S/C20H23ClN2O3/c1-14(2)26-18-9-7-17(8-10-18)23-20(25)13-19(24)22-12-11-15-3-5-16(21)6-4-15/h3-10,14H,11-13H2,1-2H3,(H,22,24)(H,23,25). The van der Waals surface area contributed by atoms with Gasteiger partial charge in [0.15, 0.2) is 0 Å². The molecule has 0 unspecified atom stereocenters. The fourth-order valence-corrected chi connectivity index (χ4v) is 2.43. The monoisotopic (exact) mass is 374 g/mol. The van der Waals surface area contributed by atoms with E-state index in [1.54, 1.807) is 24.3 Å². The van der Waals surface area contributed by atoms with Gasteiger partial charge in [-0.2, -0.15) is 0 Å². The highest BCUT2D eigenvalue weighted by atomic mass is 35.5. The van der Waals surface area contributed by atoms with Gasteiger partial charge in [0.1, 0.15) is 12.2 Å². The minimum absolute atomic E-state index is 0.0898. The normalized spacial score (nSPS) is 10.5. The summed E-state index contributed by atoms with van der Waals surface area (Å²) in [6.45, 7) is 4.36. The van der Waals surface area contributed by atoms with E-state index in [2.05, 4.69) is 10.6 Å². The highest BCUT2D eigenvalue weighted by Crippen LogP contribution is 2.17. The lowest BCUT2D eigenvalue weighted by Crippen LogP contribution is -2.29. The highest BCUT2D eigenvalue weighted by Gasteiger charge is 2.09. The molecule has 0 saturated carbocycles. The minimum Gasteiger partial charge on any atom is -0.491 e. The molecule has 0 aromatic heterocycles. The second-order valence-corrected chi connectivity index (χ2v) is 6.58. The van der Waals surface area contributed by atoms with Crippen LogP contribution in [0.2, 0.25) is 5.02 Å². The van der Waals surface area contributed by atoms with Crippen molar-refractivity contribution in [3.63, 3.8) is 0 Å². The third-order valence-corrected chi connectivity index (χ3v) is 3.73. The Bertz CT molecular complexity index is 728. The maximum absolute atomic E-state index is 11.9. The van der Waals surface area contributed by atoms with Crippen molar-refractivity contribution >= 4 is 29.1 Å². The number of anilines is 1. The molecule has 2 amide bonds. The molecule has 26 heavy (non-hydrogen) atoms. The Morgan fingerprint density at radius 3 is 2.27 bits per heavy atom. The fraction of sp³-hybridized carbons (Fsp3) is 0.300. The smallest absolute Gasteiger partial charge is 0.233 e. The number of hydrogen-bond donors (Lipinski definition) is 2. The van der Waals surface area contributed by atoms with E-state index in [0.29, 0.717) is 23.7 Å². The van der Waals surface area contributed by atoms with Crippen molar-refractivity contribution in [2.24, 2.45) is 0 Å². The SMILES string of the molecule is CC(C)Oc1ccc(NC(=O)CC(=O)NCCc2ccc(Cl)cc2)cc1. The summed E-state index contributed by atoms with van der Waals surface area (Å²) in [5.41, 5.74) is 1.70. The van der Waals surface area contributed by atoms with Crippen LogP contribution in [0.25, 0.3) is 0 Å². The van der Waals surface area contributed by atoms with Gasteiger partial charge in [0.25, 0.3) is 0 Å². The summed E-state index contributed by atoms with van der Waals surface area (Å²) in [6, 6.07) is 14.5. The van der Waals surface area contributed by atoms with Crippen LogP contribution in [0.5, 0.6) is 5.75 Å². The number of benzene rings is 2. The lowest BCUT2D eigenvalue weighted by Gasteiger charge is -2.10. The fourth-order valence-electron chi connectivity index (χ4n) is 2.30. The van der Waals surface area contributed by atoms with Gasteiger partial charge >= 0.3 is 0 Å². The topological polar surface area (TPSA) is 67.4 Å². The molecule has 138 valence electrons. The second-order valence-electron chi connectivity index (χ2n) is 6.14. The predicted octanol–water partition coefficient (Wildman–Crippen LogP) is 3.81. The zero-order valence-electron chi connectivity index (χ0n) is 14.9. The molecule has 6 heteroatoms. The molecular weight excluding hydrogens is 352 g/mol. The van der Waals surface area contributed by atoms with E-state index in [0.717, 1.165) is 11.3 Å². The van der Waals surface area contributed by atoms with Gasteiger partial charge in [0, 0.05) is 17.3 Å². The van der Waals surface area contributed by atoms with Crippen LogP contribution >= 0.6 is 11.6 Å². The molecule has 0 saturated heterocycles. The number of nitrogens with one attached hydrogen (secondary N) is 2. The number of halogens is 1. The van der Waals surface area contributed by atoms with Gasteiger partial charge in [0.05, 0.1) is 6.10 Å². The Morgan fingerprint density at radius 1 is 1.00 bits per heavy atom. The molecule has 0 radical (unpaired) electrons. The van der Waals surface area contributed by atoms with Crippen LogP contribution in [-0.4, -0.2) is 24.5 Å². The largest absolute Gasteiger partial charge is 0.491 e. The van der Waals surface area contributed by atoms with Crippen LogP contribution in [0, 0.1) is 0 Å². The van der Waals surface area contributed by atoms with E-state index >= 15 is 0 Å². The Morgan fingerprint density at radius 2 is 1.65 bits per heavy atom. The number of amides is 2. The average molecular weight is 375 g/mol. The quantitative estimate of drug-likeness (QED) is 0.690. The van der Waals surface area contributed by atoms with Gasteiger partial charge in [-0.3, -0.25) is 9.59 Å².